The van der Waals surface area contributed by atoms with Crippen molar-refractivity contribution in [2.45, 2.75) is 10.5 Å². The van der Waals surface area contributed by atoms with Gasteiger partial charge in [0, 0.05) is 35.4 Å². The third-order valence-electron chi connectivity index (χ3n) is 6.75. The molecule has 0 aliphatic rings. The molecule has 10 nitrogen and oxygen atoms in total. The van der Waals surface area contributed by atoms with Crippen molar-refractivity contribution in [3.05, 3.63) is 152 Å². The first-order chi connectivity index (χ1) is 20.6. The highest BCUT2D eigenvalue weighted by molar-refractivity contribution is 7.92. The Balaban J connectivity index is 1.89. The molecule has 4 aromatic rings. The molecule has 0 heterocycles. The van der Waals surface area contributed by atoms with Crippen LogP contribution in [0, 0.1) is 20.2 Å². The molecule has 220 valence electrons. The summed E-state index contributed by atoms with van der Waals surface area (Å²) < 4.78 is 40.0. The molecular formula is C32H28N2O8S. The van der Waals surface area contributed by atoms with Crippen LogP contribution in [0.2, 0.25) is 0 Å². The summed E-state index contributed by atoms with van der Waals surface area (Å²) in [4.78, 5) is 21.5. The minimum atomic E-state index is -4.21. The van der Waals surface area contributed by atoms with Crippen LogP contribution >= 0.6 is 0 Å². The molecule has 0 saturated carbocycles. The second-order valence-corrected chi connectivity index (χ2v) is 11.5. The number of ether oxygens (including phenoxy) is 2. The summed E-state index contributed by atoms with van der Waals surface area (Å²) >= 11 is 0. The number of hydrogen-bond acceptors (Lipinski definition) is 8. The number of sulfone groups is 1. The SMILES string of the molecule is COc1ccccc1/C=C/C(c1ccc([N+](=O)[O-])cc1)S(=O)(=O)C(/C=C/c1ccccc1OC)c1ccc([N+](=O)[O-])cc1. The first kappa shape index (κ1) is 30.7. The highest BCUT2D eigenvalue weighted by Crippen LogP contribution is 2.39. The molecule has 4 rings (SSSR count). The molecule has 0 aromatic heterocycles. The monoisotopic (exact) mass is 600 g/mol. The summed E-state index contributed by atoms with van der Waals surface area (Å²) in [6, 6.07) is 24.8. The van der Waals surface area contributed by atoms with E-state index in [0.717, 1.165) is 0 Å². The predicted octanol–water partition coefficient (Wildman–Crippen LogP) is 7.14. The van der Waals surface area contributed by atoms with E-state index in [0.29, 0.717) is 33.8 Å². The lowest BCUT2D eigenvalue weighted by Gasteiger charge is -2.22. The predicted molar refractivity (Wildman–Crippen MR) is 165 cm³/mol. The molecule has 0 N–H and O–H groups in total. The van der Waals surface area contributed by atoms with Crippen molar-refractivity contribution in [3.63, 3.8) is 0 Å². The fourth-order valence-electron chi connectivity index (χ4n) is 4.54. The maximum Gasteiger partial charge on any atom is 0.269 e. The van der Waals surface area contributed by atoms with Gasteiger partial charge in [0.15, 0.2) is 9.84 Å². The van der Waals surface area contributed by atoms with Crippen molar-refractivity contribution < 1.29 is 27.7 Å². The van der Waals surface area contributed by atoms with Crippen LogP contribution in [-0.2, 0) is 9.84 Å². The fraction of sp³-hybridized carbons (Fsp3) is 0.125. The van der Waals surface area contributed by atoms with Gasteiger partial charge < -0.3 is 9.47 Å². The number of rotatable bonds is 12. The van der Waals surface area contributed by atoms with Crippen molar-refractivity contribution >= 4 is 33.4 Å². The zero-order valence-corrected chi connectivity index (χ0v) is 24.1. The maximum atomic E-state index is 14.6. The van der Waals surface area contributed by atoms with E-state index in [4.69, 9.17) is 9.47 Å². The molecule has 0 aliphatic heterocycles. The maximum absolute atomic E-state index is 14.6. The lowest BCUT2D eigenvalue weighted by molar-refractivity contribution is -0.385. The topological polar surface area (TPSA) is 139 Å². The summed E-state index contributed by atoms with van der Waals surface area (Å²) in [7, 11) is -1.20. The van der Waals surface area contributed by atoms with E-state index in [9.17, 15) is 28.6 Å². The van der Waals surface area contributed by atoms with Gasteiger partial charge in [0.1, 0.15) is 22.0 Å². The summed E-state index contributed by atoms with van der Waals surface area (Å²) in [5.74, 6) is 1.06. The average molecular weight is 601 g/mol. The van der Waals surface area contributed by atoms with E-state index in [1.165, 1.54) is 74.9 Å². The highest BCUT2D eigenvalue weighted by Gasteiger charge is 2.34. The lowest BCUT2D eigenvalue weighted by Crippen LogP contribution is -2.19. The molecule has 0 spiro atoms. The van der Waals surface area contributed by atoms with Crippen LogP contribution in [0.15, 0.2) is 109 Å². The van der Waals surface area contributed by atoms with Crippen LogP contribution in [0.4, 0.5) is 11.4 Å². The Morgan fingerprint density at radius 3 is 1.28 bits per heavy atom. The van der Waals surface area contributed by atoms with E-state index >= 15 is 0 Å². The second-order valence-electron chi connectivity index (χ2n) is 9.33. The fourth-order valence-corrected chi connectivity index (χ4v) is 6.52. The summed E-state index contributed by atoms with van der Waals surface area (Å²) in [6.07, 6.45) is 6.26. The Morgan fingerprint density at radius 2 is 0.953 bits per heavy atom. The third kappa shape index (κ3) is 7.14. The van der Waals surface area contributed by atoms with Crippen molar-refractivity contribution in [3.8, 4) is 11.5 Å². The summed E-state index contributed by atoms with van der Waals surface area (Å²) in [6.45, 7) is 0. The molecule has 11 heteroatoms. The van der Waals surface area contributed by atoms with E-state index in [2.05, 4.69) is 0 Å². The molecule has 43 heavy (non-hydrogen) atoms. The Labute approximate surface area is 248 Å². The number of para-hydroxylation sites is 2. The molecule has 0 amide bonds. The lowest BCUT2D eigenvalue weighted by atomic mass is 10.1. The van der Waals surface area contributed by atoms with E-state index in [1.807, 2.05) is 0 Å². The minimum absolute atomic E-state index is 0.184. The van der Waals surface area contributed by atoms with Gasteiger partial charge in [-0.25, -0.2) is 8.42 Å². The van der Waals surface area contributed by atoms with Crippen LogP contribution in [-0.4, -0.2) is 32.5 Å². The number of nitro benzene ring substituents is 2. The van der Waals surface area contributed by atoms with Crippen molar-refractivity contribution in [1.82, 2.24) is 0 Å². The van der Waals surface area contributed by atoms with Gasteiger partial charge in [-0.1, -0.05) is 85.0 Å². The van der Waals surface area contributed by atoms with E-state index < -0.39 is 30.2 Å². The van der Waals surface area contributed by atoms with Gasteiger partial charge >= 0.3 is 0 Å². The molecule has 0 fully saturated rings. The minimum Gasteiger partial charge on any atom is -0.496 e. The van der Waals surface area contributed by atoms with Gasteiger partial charge in [-0.05, 0) is 23.3 Å². The Kier molecular flexibility index (Phi) is 9.68. The molecule has 0 saturated heterocycles. The van der Waals surface area contributed by atoms with Gasteiger partial charge in [-0.2, -0.15) is 0 Å². The zero-order valence-electron chi connectivity index (χ0n) is 23.3. The molecule has 0 aliphatic carbocycles. The highest BCUT2D eigenvalue weighted by atomic mass is 32.2. The largest absolute Gasteiger partial charge is 0.496 e. The molecular weight excluding hydrogens is 572 g/mol. The first-order valence-corrected chi connectivity index (χ1v) is 14.6. The van der Waals surface area contributed by atoms with Crippen molar-refractivity contribution in [2.24, 2.45) is 0 Å². The smallest absolute Gasteiger partial charge is 0.269 e. The summed E-state index contributed by atoms with van der Waals surface area (Å²) in [5, 5.41) is 20.1. The van der Waals surface area contributed by atoms with E-state index in [-0.39, 0.29) is 11.4 Å². The number of methoxy groups -OCH3 is 2. The summed E-state index contributed by atoms with van der Waals surface area (Å²) in [5.41, 5.74) is 1.49. The second kappa shape index (κ2) is 13.6. The van der Waals surface area contributed by atoms with Crippen LogP contribution in [0.25, 0.3) is 12.2 Å². The third-order valence-corrected chi connectivity index (χ3v) is 9.03. The standard InChI is InChI=1S/C32H28N2O8S/c1-41-29-9-5-3-7-23(29)15-21-31(25-11-17-27(18-12-25)33(35)36)43(39,40)32(26-13-19-28(20-14-26)34(37)38)22-16-24-8-4-6-10-30(24)42-2/h3-22,31-32H,1-2H3/b21-15+,22-16+. The van der Waals surface area contributed by atoms with Gasteiger partial charge in [0.25, 0.3) is 11.4 Å². The van der Waals surface area contributed by atoms with E-state index in [1.54, 1.807) is 60.7 Å². The van der Waals surface area contributed by atoms with Gasteiger partial charge in [0.05, 0.1) is 24.1 Å². The quantitative estimate of drug-likeness (QED) is 0.123. The van der Waals surface area contributed by atoms with Crippen molar-refractivity contribution in [2.75, 3.05) is 14.2 Å². The number of benzene rings is 4. The molecule has 2 atom stereocenters. The number of non-ortho nitro benzene ring substituents is 2. The molecule has 2 unspecified atom stereocenters. The van der Waals surface area contributed by atoms with Crippen LogP contribution in [0.5, 0.6) is 11.5 Å². The van der Waals surface area contributed by atoms with Crippen LogP contribution < -0.4 is 9.47 Å². The molecule has 0 radical (unpaired) electrons. The zero-order chi connectivity index (χ0) is 31.0. The first-order valence-electron chi connectivity index (χ1n) is 13.0. The molecule has 4 aromatic carbocycles. The van der Waals surface area contributed by atoms with Crippen LogP contribution in [0.1, 0.15) is 32.8 Å². The Hall–Kier alpha value is -5.29. The number of hydrogen-bond donors (Lipinski definition) is 0. The van der Waals surface area contributed by atoms with Gasteiger partial charge in [-0.3, -0.25) is 20.2 Å². The average Bonchev–Trinajstić information content (AvgIpc) is 3.02. The van der Waals surface area contributed by atoms with Gasteiger partial charge in [0.2, 0.25) is 0 Å². The normalized spacial score (nSPS) is 13.1. The van der Waals surface area contributed by atoms with Gasteiger partial charge in [-0.15, -0.1) is 0 Å². The van der Waals surface area contributed by atoms with Crippen LogP contribution in [0.3, 0.4) is 0 Å². The Bertz CT molecular complexity index is 1640. The number of nitro groups is 2. The molecule has 0 bridgehead atoms. The Morgan fingerprint density at radius 1 is 0.605 bits per heavy atom. The van der Waals surface area contributed by atoms with Crippen molar-refractivity contribution in [1.29, 1.82) is 0 Å². The number of nitrogens with zero attached hydrogens (tertiary/aromatic N) is 2.